The van der Waals surface area contributed by atoms with Crippen molar-refractivity contribution in [3.63, 3.8) is 0 Å². The van der Waals surface area contributed by atoms with Gasteiger partial charge in [-0.25, -0.2) is 13.4 Å². The minimum atomic E-state index is -3.42. The number of aromatic nitrogens is 1. The molecule has 1 saturated heterocycles. The zero-order valence-electron chi connectivity index (χ0n) is 16.0. The number of carbonyl (C=O) groups is 1. The van der Waals surface area contributed by atoms with Crippen molar-refractivity contribution in [2.45, 2.75) is 38.6 Å². The van der Waals surface area contributed by atoms with Crippen LogP contribution in [0.15, 0.2) is 6.07 Å². The highest BCUT2D eigenvalue weighted by Gasteiger charge is 2.29. The summed E-state index contributed by atoms with van der Waals surface area (Å²) >= 11 is 1.21. The number of thiophene rings is 1. The van der Waals surface area contributed by atoms with E-state index in [9.17, 15) is 13.2 Å². The second-order valence-corrected chi connectivity index (χ2v) is 9.98. The number of hydrazine groups is 1. The van der Waals surface area contributed by atoms with Gasteiger partial charge in [-0.2, -0.15) is 0 Å². The van der Waals surface area contributed by atoms with E-state index >= 15 is 0 Å². The number of pyridine rings is 1. The predicted molar refractivity (Wildman–Crippen MR) is 113 cm³/mol. The van der Waals surface area contributed by atoms with Crippen LogP contribution in [0, 0.1) is 0 Å². The Morgan fingerprint density at radius 2 is 2.04 bits per heavy atom. The van der Waals surface area contributed by atoms with Crippen LogP contribution in [-0.2, 0) is 16.4 Å². The number of hydrogen-bond acceptors (Lipinski definition) is 8. The molecule has 1 aliphatic rings. The van der Waals surface area contributed by atoms with E-state index in [0.29, 0.717) is 41.3 Å². The predicted octanol–water partition coefficient (Wildman–Crippen LogP) is 1.03. The first kappa shape index (κ1) is 20.8. The lowest BCUT2D eigenvalue weighted by Crippen LogP contribution is -2.50. The Bertz CT molecular complexity index is 996. The Morgan fingerprint density at radius 1 is 1.39 bits per heavy atom. The minimum absolute atomic E-state index is 0.219. The van der Waals surface area contributed by atoms with E-state index in [2.05, 4.69) is 11.8 Å². The fourth-order valence-electron chi connectivity index (χ4n) is 3.62. The van der Waals surface area contributed by atoms with Crippen LogP contribution >= 0.6 is 11.3 Å². The summed E-state index contributed by atoms with van der Waals surface area (Å²) in [7, 11) is -3.42. The number of carbonyl (C=O) groups excluding carboxylic acids is 1. The molecule has 0 saturated carbocycles. The van der Waals surface area contributed by atoms with Gasteiger partial charge in [0, 0.05) is 24.5 Å². The summed E-state index contributed by atoms with van der Waals surface area (Å²) in [5.41, 5.74) is 13.1. The van der Waals surface area contributed by atoms with Gasteiger partial charge in [-0.3, -0.25) is 10.6 Å². The summed E-state index contributed by atoms with van der Waals surface area (Å²) in [5, 5.41) is 0.810. The molecule has 0 atom stereocenters. The standard InChI is InChI=1S/C17H26N6O3S2/c1-3-4-10-9-12(21-17-13(10)14(18)15(27-17)16(19)24)22-7-5-11(6-8-22)23(20)28(2,25)26/h9,11H,3-8,18,20H2,1-2H3,(H2,19,24). The van der Waals surface area contributed by atoms with Crippen LogP contribution < -0.4 is 22.2 Å². The molecule has 28 heavy (non-hydrogen) atoms. The Hall–Kier alpha value is -1.95. The summed E-state index contributed by atoms with van der Waals surface area (Å²) in [5.74, 6) is 6.00. The number of rotatable bonds is 6. The maximum Gasteiger partial charge on any atom is 0.260 e. The number of primary amides is 1. The largest absolute Gasteiger partial charge is 0.397 e. The lowest BCUT2D eigenvalue weighted by Gasteiger charge is -2.36. The highest BCUT2D eigenvalue weighted by atomic mass is 32.2. The van der Waals surface area contributed by atoms with Gasteiger partial charge in [0.1, 0.15) is 15.5 Å². The summed E-state index contributed by atoms with van der Waals surface area (Å²) in [4.78, 5) is 19.5. The van der Waals surface area contributed by atoms with Crippen molar-refractivity contribution in [2.24, 2.45) is 11.6 Å². The van der Waals surface area contributed by atoms with Gasteiger partial charge in [0.25, 0.3) is 5.91 Å². The van der Waals surface area contributed by atoms with E-state index in [4.69, 9.17) is 22.3 Å². The zero-order chi connectivity index (χ0) is 20.6. The molecule has 6 N–H and O–H groups in total. The van der Waals surface area contributed by atoms with E-state index < -0.39 is 15.9 Å². The quantitative estimate of drug-likeness (QED) is 0.461. The fraction of sp³-hybridized carbons (Fsp3) is 0.529. The van der Waals surface area contributed by atoms with Gasteiger partial charge in [0.2, 0.25) is 10.0 Å². The molecular formula is C17H26N6O3S2. The summed E-state index contributed by atoms with van der Waals surface area (Å²) in [6.45, 7) is 3.36. The maximum atomic E-state index is 11.7. The number of nitrogens with zero attached hydrogens (tertiary/aromatic N) is 3. The van der Waals surface area contributed by atoms with Gasteiger partial charge in [0.05, 0.1) is 11.9 Å². The van der Waals surface area contributed by atoms with Gasteiger partial charge in [-0.05, 0) is 30.9 Å². The van der Waals surface area contributed by atoms with Crippen molar-refractivity contribution in [2.75, 3.05) is 30.0 Å². The lowest BCUT2D eigenvalue weighted by atomic mass is 10.0. The monoisotopic (exact) mass is 426 g/mol. The second kappa shape index (κ2) is 7.82. The topological polar surface area (TPSA) is 149 Å². The van der Waals surface area contributed by atoms with Crippen molar-refractivity contribution in [3.8, 4) is 0 Å². The molecule has 0 unspecified atom stereocenters. The first-order valence-electron chi connectivity index (χ1n) is 9.14. The third-order valence-corrected chi connectivity index (χ3v) is 7.22. The molecule has 0 spiro atoms. The minimum Gasteiger partial charge on any atom is -0.397 e. The average molecular weight is 427 g/mol. The first-order valence-corrected chi connectivity index (χ1v) is 11.8. The van der Waals surface area contributed by atoms with Crippen molar-refractivity contribution in [1.29, 1.82) is 0 Å². The molecule has 1 aliphatic heterocycles. The second-order valence-electron chi connectivity index (χ2n) is 7.09. The molecule has 154 valence electrons. The van der Waals surface area contributed by atoms with Crippen molar-refractivity contribution in [3.05, 3.63) is 16.5 Å². The third-order valence-electron chi connectivity index (χ3n) is 5.04. The van der Waals surface area contributed by atoms with Gasteiger partial charge in [-0.1, -0.05) is 13.3 Å². The molecule has 9 nitrogen and oxygen atoms in total. The smallest absolute Gasteiger partial charge is 0.260 e. The van der Waals surface area contributed by atoms with Crippen LogP contribution in [0.3, 0.4) is 0 Å². The van der Waals surface area contributed by atoms with Crippen molar-refractivity contribution < 1.29 is 13.2 Å². The van der Waals surface area contributed by atoms with Crippen LogP contribution in [0.1, 0.15) is 41.4 Å². The number of aryl methyl sites for hydroxylation is 1. The highest BCUT2D eigenvalue weighted by Crippen LogP contribution is 2.37. The number of anilines is 2. The fourth-order valence-corrected chi connectivity index (χ4v) is 5.36. The van der Waals surface area contributed by atoms with Gasteiger partial charge in [-0.15, -0.1) is 15.8 Å². The van der Waals surface area contributed by atoms with Gasteiger partial charge >= 0.3 is 0 Å². The molecule has 1 amide bonds. The normalized spacial score (nSPS) is 16.2. The third kappa shape index (κ3) is 3.93. The number of piperidine rings is 1. The molecule has 0 aromatic carbocycles. The van der Waals surface area contributed by atoms with Crippen LogP contribution in [0.5, 0.6) is 0 Å². The molecule has 0 bridgehead atoms. The van der Waals surface area contributed by atoms with Gasteiger partial charge < -0.3 is 16.4 Å². The average Bonchev–Trinajstić information content (AvgIpc) is 2.98. The Labute approximate surface area is 168 Å². The zero-order valence-corrected chi connectivity index (χ0v) is 17.6. The van der Waals surface area contributed by atoms with E-state index in [-0.39, 0.29) is 6.04 Å². The van der Waals surface area contributed by atoms with E-state index in [1.54, 1.807) is 0 Å². The Balaban J connectivity index is 1.91. The number of fused-ring (bicyclic) bond motifs is 1. The summed E-state index contributed by atoms with van der Waals surface area (Å²) in [6.07, 6.45) is 4.09. The Kier molecular flexibility index (Phi) is 5.80. The molecule has 2 aromatic rings. The van der Waals surface area contributed by atoms with Gasteiger partial charge in [0.15, 0.2) is 0 Å². The molecule has 3 rings (SSSR count). The molecule has 0 aliphatic carbocycles. The van der Waals surface area contributed by atoms with E-state index in [1.807, 2.05) is 6.07 Å². The number of nitrogen functional groups attached to an aromatic ring is 1. The van der Waals surface area contributed by atoms with Crippen LogP contribution in [0.4, 0.5) is 11.5 Å². The summed E-state index contributed by atoms with van der Waals surface area (Å²) < 4.78 is 24.3. The lowest BCUT2D eigenvalue weighted by molar-refractivity contribution is 0.100. The molecule has 0 radical (unpaired) electrons. The van der Waals surface area contributed by atoms with Crippen LogP contribution in [0.25, 0.3) is 10.2 Å². The number of nitrogens with two attached hydrogens (primary N) is 3. The molecule has 3 heterocycles. The molecular weight excluding hydrogens is 400 g/mol. The SMILES string of the molecule is CCCc1cc(N2CCC(N(N)S(C)(=O)=O)CC2)nc2sc(C(N)=O)c(N)c12. The Morgan fingerprint density at radius 3 is 2.57 bits per heavy atom. The van der Waals surface area contributed by atoms with Crippen LogP contribution in [0.2, 0.25) is 0 Å². The maximum absolute atomic E-state index is 11.7. The number of sulfonamides is 1. The first-order chi connectivity index (χ1) is 13.1. The van der Waals surface area contributed by atoms with E-state index in [0.717, 1.165) is 40.3 Å². The number of amides is 1. The summed E-state index contributed by atoms with van der Waals surface area (Å²) in [6, 6.07) is 1.79. The van der Waals surface area contributed by atoms with Crippen LogP contribution in [-0.4, -0.2) is 49.1 Å². The molecule has 2 aromatic heterocycles. The van der Waals surface area contributed by atoms with Crippen molar-refractivity contribution in [1.82, 2.24) is 9.40 Å². The highest BCUT2D eigenvalue weighted by molar-refractivity contribution is 7.88. The van der Waals surface area contributed by atoms with Crippen molar-refractivity contribution >= 4 is 49.0 Å². The number of hydrogen-bond donors (Lipinski definition) is 3. The van der Waals surface area contributed by atoms with E-state index in [1.165, 1.54) is 11.3 Å². The molecule has 1 fully saturated rings. The molecule has 11 heteroatoms.